The summed E-state index contributed by atoms with van der Waals surface area (Å²) in [5.41, 5.74) is 2.08. The maximum absolute atomic E-state index is 11.3. The summed E-state index contributed by atoms with van der Waals surface area (Å²) < 4.78 is 5.87. The summed E-state index contributed by atoms with van der Waals surface area (Å²) >= 11 is 0. The fraction of sp³-hybridized carbons (Fsp3) is 0.562. The van der Waals surface area contributed by atoms with Gasteiger partial charge in [-0.3, -0.25) is 4.79 Å². The van der Waals surface area contributed by atoms with E-state index >= 15 is 0 Å². The van der Waals surface area contributed by atoms with Crippen LogP contribution in [0, 0.1) is 0 Å². The molecule has 1 aromatic rings. The zero-order valence-corrected chi connectivity index (χ0v) is 12.4. The molecule has 0 saturated heterocycles. The van der Waals surface area contributed by atoms with Gasteiger partial charge in [0.2, 0.25) is 5.91 Å². The molecule has 2 N–H and O–H groups in total. The molecule has 0 saturated carbocycles. The van der Waals surface area contributed by atoms with Crippen molar-refractivity contribution in [3.05, 3.63) is 23.8 Å². The smallest absolute Gasteiger partial charge is 0.224 e. The first kappa shape index (κ1) is 14.9. The van der Waals surface area contributed by atoms with Crippen molar-refractivity contribution in [1.29, 1.82) is 0 Å². The number of hydrogen-bond acceptors (Lipinski definition) is 3. The van der Waals surface area contributed by atoms with Gasteiger partial charge in [0.1, 0.15) is 12.4 Å². The monoisotopic (exact) mass is 276 g/mol. The highest BCUT2D eigenvalue weighted by Gasteiger charge is 2.15. The molecule has 1 heterocycles. The van der Waals surface area contributed by atoms with E-state index in [0.29, 0.717) is 19.1 Å². The molecule has 0 aromatic heterocycles. The second kappa shape index (κ2) is 7.29. The Morgan fingerprint density at radius 3 is 2.95 bits per heavy atom. The maximum atomic E-state index is 11.3. The summed E-state index contributed by atoms with van der Waals surface area (Å²) in [4.78, 5) is 11.3. The van der Waals surface area contributed by atoms with Gasteiger partial charge in [0, 0.05) is 18.2 Å². The first-order valence-electron chi connectivity index (χ1n) is 7.52. The van der Waals surface area contributed by atoms with Crippen LogP contribution in [0.25, 0.3) is 0 Å². The number of benzene rings is 1. The number of anilines is 1. The minimum absolute atomic E-state index is 0.0981. The molecule has 0 spiro atoms. The molecule has 4 heteroatoms. The molecule has 4 nitrogen and oxygen atoms in total. The molecule has 1 amide bonds. The number of amides is 1. The zero-order chi connectivity index (χ0) is 14.4. The van der Waals surface area contributed by atoms with Crippen LogP contribution in [0.4, 0.5) is 5.69 Å². The van der Waals surface area contributed by atoms with Crippen LogP contribution in [-0.4, -0.2) is 25.1 Å². The fourth-order valence-corrected chi connectivity index (χ4v) is 2.32. The Kier molecular flexibility index (Phi) is 5.41. The molecular weight excluding hydrogens is 252 g/mol. The van der Waals surface area contributed by atoms with Gasteiger partial charge in [0.25, 0.3) is 0 Å². The Morgan fingerprint density at radius 1 is 1.35 bits per heavy atom. The van der Waals surface area contributed by atoms with Crippen LogP contribution in [0.3, 0.4) is 0 Å². The first-order valence-corrected chi connectivity index (χ1v) is 7.52. The minimum atomic E-state index is 0.0981. The number of aryl methyl sites for hydroxylation is 1. The molecule has 0 aliphatic carbocycles. The minimum Gasteiger partial charge on any atom is -0.492 e. The third-order valence-corrected chi connectivity index (χ3v) is 3.60. The van der Waals surface area contributed by atoms with Gasteiger partial charge in [0.05, 0.1) is 0 Å². The van der Waals surface area contributed by atoms with Crippen LogP contribution in [0.15, 0.2) is 18.2 Å². The second-order valence-electron chi connectivity index (χ2n) is 5.24. The van der Waals surface area contributed by atoms with Crippen molar-refractivity contribution in [2.75, 3.05) is 18.5 Å². The number of hydrogen-bond donors (Lipinski definition) is 2. The topological polar surface area (TPSA) is 50.4 Å². The molecule has 0 fully saturated rings. The van der Waals surface area contributed by atoms with Gasteiger partial charge in [-0.15, -0.1) is 0 Å². The van der Waals surface area contributed by atoms with Crippen molar-refractivity contribution in [1.82, 2.24) is 5.32 Å². The van der Waals surface area contributed by atoms with Crippen molar-refractivity contribution in [2.45, 2.75) is 45.6 Å². The molecule has 110 valence electrons. The molecular formula is C16H24N2O2. The van der Waals surface area contributed by atoms with Gasteiger partial charge >= 0.3 is 0 Å². The maximum Gasteiger partial charge on any atom is 0.224 e. The van der Waals surface area contributed by atoms with Crippen molar-refractivity contribution >= 4 is 11.6 Å². The third kappa shape index (κ3) is 3.97. The Morgan fingerprint density at radius 2 is 2.20 bits per heavy atom. The van der Waals surface area contributed by atoms with Crippen LogP contribution in [-0.2, 0) is 11.2 Å². The Hall–Kier alpha value is -1.55. The van der Waals surface area contributed by atoms with E-state index in [9.17, 15) is 4.79 Å². The second-order valence-corrected chi connectivity index (χ2v) is 5.24. The molecule has 0 bridgehead atoms. The standard InChI is InChI=1S/C16H24N2O2/c1-3-9-17-13(4-2)11-20-14-6-7-15-12(10-14)5-8-16(19)18-15/h6-7,10,13,17H,3-5,8-9,11H2,1-2H3,(H,18,19). The van der Waals surface area contributed by atoms with Crippen LogP contribution in [0.2, 0.25) is 0 Å². The van der Waals surface area contributed by atoms with Crippen LogP contribution < -0.4 is 15.4 Å². The fourth-order valence-electron chi connectivity index (χ4n) is 2.32. The van der Waals surface area contributed by atoms with Crippen molar-refractivity contribution < 1.29 is 9.53 Å². The van der Waals surface area contributed by atoms with Crippen molar-refractivity contribution in [3.63, 3.8) is 0 Å². The van der Waals surface area contributed by atoms with E-state index in [1.54, 1.807) is 0 Å². The number of rotatable bonds is 7. The SMILES string of the molecule is CCCNC(CC)COc1ccc2c(c1)CCC(=O)N2. The van der Waals surface area contributed by atoms with E-state index in [1.165, 1.54) is 0 Å². The van der Waals surface area contributed by atoms with E-state index < -0.39 is 0 Å². The lowest BCUT2D eigenvalue weighted by atomic mass is 10.0. The quantitative estimate of drug-likeness (QED) is 0.805. The van der Waals surface area contributed by atoms with Gasteiger partial charge < -0.3 is 15.4 Å². The zero-order valence-electron chi connectivity index (χ0n) is 12.4. The highest BCUT2D eigenvalue weighted by atomic mass is 16.5. The average Bonchev–Trinajstić information content (AvgIpc) is 2.47. The average molecular weight is 276 g/mol. The molecule has 1 aliphatic rings. The van der Waals surface area contributed by atoms with E-state index in [0.717, 1.165) is 42.8 Å². The molecule has 1 unspecified atom stereocenters. The summed E-state index contributed by atoms with van der Waals surface area (Å²) in [6, 6.07) is 6.30. The van der Waals surface area contributed by atoms with Gasteiger partial charge in [-0.05, 0) is 49.6 Å². The Bertz CT molecular complexity index is 460. The molecule has 1 atom stereocenters. The molecule has 2 rings (SSSR count). The normalized spacial score (nSPS) is 15.4. The van der Waals surface area contributed by atoms with Gasteiger partial charge in [0.15, 0.2) is 0 Å². The van der Waals surface area contributed by atoms with Crippen LogP contribution >= 0.6 is 0 Å². The number of carbonyl (C=O) groups excluding carboxylic acids is 1. The van der Waals surface area contributed by atoms with Crippen molar-refractivity contribution in [2.24, 2.45) is 0 Å². The lowest BCUT2D eigenvalue weighted by Gasteiger charge is -2.20. The van der Waals surface area contributed by atoms with Gasteiger partial charge in [-0.25, -0.2) is 0 Å². The molecule has 1 aromatic carbocycles. The van der Waals surface area contributed by atoms with Crippen LogP contribution in [0.1, 0.15) is 38.7 Å². The third-order valence-electron chi connectivity index (χ3n) is 3.60. The first-order chi connectivity index (χ1) is 9.72. The van der Waals surface area contributed by atoms with E-state index in [-0.39, 0.29) is 5.91 Å². The lowest BCUT2D eigenvalue weighted by molar-refractivity contribution is -0.116. The molecule has 0 radical (unpaired) electrons. The predicted molar refractivity (Wildman–Crippen MR) is 81.3 cm³/mol. The Balaban J connectivity index is 1.91. The number of fused-ring (bicyclic) bond motifs is 1. The predicted octanol–water partition coefficient (Wildman–Crippen LogP) is 2.73. The number of carbonyl (C=O) groups is 1. The van der Waals surface area contributed by atoms with E-state index in [4.69, 9.17) is 4.74 Å². The highest BCUT2D eigenvalue weighted by molar-refractivity contribution is 5.93. The summed E-state index contributed by atoms with van der Waals surface area (Å²) in [7, 11) is 0. The summed E-state index contributed by atoms with van der Waals surface area (Å²) in [6.45, 7) is 6.04. The van der Waals surface area contributed by atoms with Gasteiger partial charge in [-0.2, -0.15) is 0 Å². The molecule has 1 aliphatic heterocycles. The summed E-state index contributed by atoms with van der Waals surface area (Å²) in [5.74, 6) is 0.984. The van der Waals surface area contributed by atoms with E-state index in [1.807, 2.05) is 18.2 Å². The molecule has 20 heavy (non-hydrogen) atoms. The number of nitrogens with one attached hydrogen (secondary N) is 2. The highest BCUT2D eigenvalue weighted by Crippen LogP contribution is 2.26. The summed E-state index contributed by atoms with van der Waals surface area (Å²) in [6.07, 6.45) is 3.55. The largest absolute Gasteiger partial charge is 0.492 e. The van der Waals surface area contributed by atoms with E-state index in [2.05, 4.69) is 24.5 Å². The van der Waals surface area contributed by atoms with Crippen LogP contribution in [0.5, 0.6) is 5.75 Å². The number of ether oxygens (including phenoxy) is 1. The Labute approximate surface area is 120 Å². The lowest BCUT2D eigenvalue weighted by Crippen LogP contribution is -2.34. The van der Waals surface area contributed by atoms with Gasteiger partial charge in [-0.1, -0.05) is 13.8 Å². The summed E-state index contributed by atoms with van der Waals surface area (Å²) in [5, 5.41) is 6.36. The van der Waals surface area contributed by atoms with Crippen molar-refractivity contribution in [3.8, 4) is 5.75 Å².